The van der Waals surface area contributed by atoms with Gasteiger partial charge in [-0.15, -0.1) is 0 Å². The van der Waals surface area contributed by atoms with Crippen LogP contribution in [0.3, 0.4) is 0 Å². The Balaban J connectivity index is 2.12. The van der Waals surface area contributed by atoms with Crippen molar-refractivity contribution in [1.29, 1.82) is 0 Å². The molecule has 0 bridgehead atoms. The van der Waals surface area contributed by atoms with Crippen molar-refractivity contribution in [2.75, 3.05) is 0 Å². The van der Waals surface area contributed by atoms with Crippen molar-refractivity contribution in [3.05, 3.63) is 33.9 Å². The molecule has 108 valence electrons. The molecule has 1 atom stereocenters. The van der Waals surface area contributed by atoms with E-state index in [-0.39, 0.29) is 29.9 Å². The van der Waals surface area contributed by atoms with Gasteiger partial charge in [0.05, 0.1) is 4.92 Å². The summed E-state index contributed by atoms with van der Waals surface area (Å²) in [6.07, 6.45) is 1.16. The standard InChI is InChI=1S/C13H17N3O4/c1-8(13(17)15-10-3-4-10)20-12-6-9(7-14)2-5-11(12)16(18)19/h2,5-6,8,10H,3-4,7,14H2,1H3,(H,15,17). The zero-order valence-electron chi connectivity index (χ0n) is 11.2. The summed E-state index contributed by atoms with van der Waals surface area (Å²) in [4.78, 5) is 22.2. The zero-order valence-corrected chi connectivity index (χ0v) is 11.2. The van der Waals surface area contributed by atoms with Crippen LogP contribution in [0.25, 0.3) is 0 Å². The van der Waals surface area contributed by atoms with Crippen molar-refractivity contribution in [2.45, 2.75) is 38.5 Å². The van der Waals surface area contributed by atoms with E-state index >= 15 is 0 Å². The fourth-order valence-corrected chi connectivity index (χ4v) is 1.72. The smallest absolute Gasteiger partial charge is 0.310 e. The largest absolute Gasteiger partial charge is 0.474 e. The van der Waals surface area contributed by atoms with Crippen LogP contribution in [-0.4, -0.2) is 23.0 Å². The number of benzene rings is 1. The lowest BCUT2D eigenvalue weighted by Gasteiger charge is -2.15. The Bertz CT molecular complexity index is 528. The highest BCUT2D eigenvalue weighted by atomic mass is 16.6. The van der Waals surface area contributed by atoms with Gasteiger partial charge in [0.1, 0.15) is 0 Å². The molecule has 0 aromatic heterocycles. The number of hydrogen-bond donors (Lipinski definition) is 2. The number of rotatable bonds is 6. The average Bonchev–Trinajstić information content (AvgIpc) is 3.22. The number of hydrogen-bond acceptors (Lipinski definition) is 5. The van der Waals surface area contributed by atoms with Crippen LogP contribution in [0, 0.1) is 10.1 Å². The van der Waals surface area contributed by atoms with E-state index in [2.05, 4.69) is 5.32 Å². The van der Waals surface area contributed by atoms with Crippen molar-refractivity contribution < 1.29 is 14.5 Å². The van der Waals surface area contributed by atoms with Crippen molar-refractivity contribution in [2.24, 2.45) is 5.73 Å². The molecule has 0 spiro atoms. The maximum atomic E-state index is 11.8. The van der Waals surface area contributed by atoms with E-state index in [0.717, 1.165) is 12.8 Å². The van der Waals surface area contributed by atoms with E-state index in [4.69, 9.17) is 10.5 Å². The number of carbonyl (C=O) groups is 1. The molecule has 0 heterocycles. The fourth-order valence-electron chi connectivity index (χ4n) is 1.72. The molecule has 7 nitrogen and oxygen atoms in total. The number of carbonyl (C=O) groups excluding carboxylic acids is 1. The van der Waals surface area contributed by atoms with Crippen LogP contribution < -0.4 is 15.8 Å². The molecular formula is C13H17N3O4. The molecule has 1 saturated carbocycles. The number of nitrogens with zero attached hydrogens (tertiary/aromatic N) is 1. The van der Waals surface area contributed by atoms with Crippen LogP contribution in [0.2, 0.25) is 0 Å². The molecule has 20 heavy (non-hydrogen) atoms. The molecule has 1 unspecified atom stereocenters. The summed E-state index contributed by atoms with van der Waals surface area (Å²) >= 11 is 0. The summed E-state index contributed by atoms with van der Waals surface area (Å²) in [5.74, 6) is -0.198. The third kappa shape index (κ3) is 3.45. The maximum absolute atomic E-state index is 11.8. The van der Waals surface area contributed by atoms with Gasteiger partial charge >= 0.3 is 5.69 Å². The van der Waals surface area contributed by atoms with Gasteiger partial charge in [-0.1, -0.05) is 6.07 Å². The molecule has 1 amide bonds. The Morgan fingerprint density at radius 2 is 2.30 bits per heavy atom. The molecule has 1 aliphatic carbocycles. The summed E-state index contributed by atoms with van der Waals surface area (Å²) in [7, 11) is 0. The molecule has 3 N–H and O–H groups in total. The third-order valence-electron chi connectivity index (χ3n) is 3.05. The number of amides is 1. The highest BCUT2D eigenvalue weighted by molar-refractivity contribution is 5.81. The zero-order chi connectivity index (χ0) is 14.7. The Morgan fingerprint density at radius 3 is 2.85 bits per heavy atom. The van der Waals surface area contributed by atoms with Crippen LogP contribution in [-0.2, 0) is 11.3 Å². The van der Waals surface area contributed by atoms with Crippen LogP contribution in [0.15, 0.2) is 18.2 Å². The Labute approximate surface area is 116 Å². The first-order valence-corrected chi connectivity index (χ1v) is 6.45. The van der Waals surface area contributed by atoms with Crippen LogP contribution in [0.5, 0.6) is 5.75 Å². The predicted molar refractivity (Wildman–Crippen MR) is 72.2 cm³/mol. The van der Waals surface area contributed by atoms with Gasteiger partial charge in [0.2, 0.25) is 0 Å². The minimum Gasteiger partial charge on any atom is -0.474 e. The lowest BCUT2D eigenvalue weighted by atomic mass is 10.2. The Kier molecular flexibility index (Phi) is 4.19. The van der Waals surface area contributed by atoms with Gasteiger partial charge in [-0.2, -0.15) is 0 Å². The maximum Gasteiger partial charge on any atom is 0.310 e. The molecule has 0 aliphatic heterocycles. The average molecular weight is 279 g/mol. The second-order valence-electron chi connectivity index (χ2n) is 4.81. The van der Waals surface area contributed by atoms with E-state index in [0.29, 0.717) is 5.56 Å². The van der Waals surface area contributed by atoms with Crippen molar-refractivity contribution >= 4 is 11.6 Å². The normalized spacial score (nSPS) is 15.5. The van der Waals surface area contributed by atoms with E-state index in [1.54, 1.807) is 13.0 Å². The highest BCUT2D eigenvalue weighted by Crippen LogP contribution is 2.29. The van der Waals surface area contributed by atoms with E-state index in [1.165, 1.54) is 12.1 Å². The van der Waals surface area contributed by atoms with Gasteiger partial charge in [-0.3, -0.25) is 14.9 Å². The molecule has 0 radical (unpaired) electrons. The van der Waals surface area contributed by atoms with Gasteiger partial charge in [-0.05, 0) is 31.4 Å². The third-order valence-corrected chi connectivity index (χ3v) is 3.05. The highest BCUT2D eigenvalue weighted by Gasteiger charge is 2.27. The SMILES string of the molecule is CC(Oc1cc(CN)ccc1[N+](=O)[O-])C(=O)NC1CC1. The number of ether oxygens (including phenoxy) is 1. The number of nitro benzene ring substituents is 1. The first-order chi connectivity index (χ1) is 9.51. The molecule has 1 aromatic rings. The number of nitrogens with one attached hydrogen (secondary N) is 1. The molecular weight excluding hydrogens is 262 g/mol. The van der Waals surface area contributed by atoms with Crippen LogP contribution in [0.1, 0.15) is 25.3 Å². The second-order valence-corrected chi connectivity index (χ2v) is 4.81. The topological polar surface area (TPSA) is 107 Å². The Morgan fingerprint density at radius 1 is 1.60 bits per heavy atom. The van der Waals surface area contributed by atoms with Gasteiger partial charge in [0.15, 0.2) is 11.9 Å². The van der Waals surface area contributed by atoms with Gasteiger partial charge in [0, 0.05) is 18.7 Å². The summed E-state index contributed by atoms with van der Waals surface area (Å²) < 4.78 is 5.43. The first kappa shape index (κ1) is 14.3. The molecule has 1 aromatic carbocycles. The number of nitro groups is 1. The summed E-state index contributed by atoms with van der Waals surface area (Å²) in [5, 5.41) is 13.7. The fraction of sp³-hybridized carbons (Fsp3) is 0.462. The monoisotopic (exact) mass is 279 g/mol. The van der Waals surface area contributed by atoms with Gasteiger partial charge < -0.3 is 15.8 Å². The van der Waals surface area contributed by atoms with Crippen LogP contribution in [0.4, 0.5) is 5.69 Å². The summed E-state index contributed by atoms with van der Waals surface area (Å²) in [5.41, 5.74) is 6.04. The minimum absolute atomic E-state index is 0.0661. The minimum atomic E-state index is -0.790. The lowest BCUT2D eigenvalue weighted by Crippen LogP contribution is -2.37. The Hall–Kier alpha value is -2.15. The quantitative estimate of drug-likeness (QED) is 0.599. The van der Waals surface area contributed by atoms with E-state index in [9.17, 15) is 14.9 Å². The number of nitrogens with two attached hydrogens (primary N) is 1. The van der Waals surface area contributed by atoms with Gasteiger partial charge in [-0.25, -0.2) is 0 Å². The van der Waals surface area contributed by atoms with Crippen molar-refractivity contribution in [3.63, 3.8) is 0 Å². The summed E-state index contributed by atoms with van der Waals surface area (Å²) in [6, 6.07) is 4.63. The molecule has 1 fully saturated rings. The first-order valence-electron chi connectivity index (χ1n) is 6.45. The second kappa shape index (κ2) is 5.87. The van der Waals surface area contributed by atoms with Crippen LogP contribution >= 0.6 is 0 Å². The van der Waals surface area contributed by atoms with Gasteiger partial charge in [0.25, 0.3) is 5.91 Å². The lowest BCUT2D eigenvalue weighted by molar-refractivity contribution is -0.386. The van der Waals surface area contributed by atoms with Crippen molar-refractivity contribution in [1.82, 2.24) is 5.32 Å². The molecule has 2 rings (SSSR count). The van der Waals surface area contributed by atoms with E-state index in [1.807, 2.05) is 0 Å². The molecule has 7 heteroatoms. The molecule has 1 aliphatic rings. The van der Waals surface area contributed by atoms with E-state index < -0.39 is 11.0 Å². The molecule has 0 saturated heterocycles. The van der Waals surface area contributed by atoms with Crippen molar-refractivity contribution in [3.8, 4) is 5.75 Å². The summed E-state index contributed by atoms with van der Waals surface area (Å²) in [6.45, 7) is 1.81. The predicted octanol–water partition coefficient (Wildman–Crippen LogP) is 1.10.